The van der Waals surface area contributed by atoms with Gasteiger partial charge in [-0.05, 0) is 30.7 Å². The Bertz CT molecular complexity index is 1130. The van der Waals surface area contributed by atoms with E-state index in [4.69, 9.17) is 5.11 Å². The summed E-state index contributed by atoms with van der Waals surface area (Å²) in [5.41, 5.74) is 0.201. The molecule has 0 saturated carbocycles. The van der Waals surface area contributed by atoms with Crippen LogP contribution in [0.5, 0.6) is 0 Å². The van der Waals surface area contributed by atoms with Gasteiger partial charge in [0.1, 0.15) is 17.8 Å². The molecule has 2 heterocycles. The number of fused-ring (bicyclic) bond motifs is 1. The number of nitrogens with one attached hydrogen (secondary N) is 2. The second-order valence-corrected chi connectivity index (χ2v) is 8.68. The van der Waals surface area contributed by atoms with Crippen molar-refractivity contribution in [3.05, 3.63) is 42.2 Å². The first-order valence-corrected chi connectivity index (χ1v) is 11.1. The molecule has 0 spiro atoms. The quantitative estimate of drug-likeness (QED) is 0.500. The van der Waals surface area contributed by atoms with Crippen molar-refractivity contribution in [1.82, 2.24) is 20.5 Å². The Morgan fingerprint density at radius 1 is 1.12 bits per heavy atom. The van der Waals surface area contributed by atoms with Gasteiger partial charge in [-0.15, -0.1) is 0 Å². The molecule has 1 fully saturated rings. The summed E-state index contributed by atoms with van der Waals surface area (Å²) in [6.07, 6.45) is 1.37. The van der Waals surface area contributed by atoms with Gasteiger partial charge >= 0.3 is 5.97 Å². The van der Waals surface area contributed by atoms with Crippen LogP contribution >= 0.6 is 0 Å². The van der Waals surface area contributed by atoms with Crippen molar-refractivity contribution in [1.29, 1.82) is 0 Å². The number of amides is 3. The zero-order valence-corrected chi connectivity index (χ0v) is 19.3. The number of hydrogen-bond donors (Lipinski definition) is 3. The second kappa shape index (κ2) is 10.4. The Labute approximate surface area is 196 Å². The minimum Gasteiger partial charge on any atom is -0.481 e. The fraction of sp³-hybridized carbons (Fsp3) is 0.417. The third kappa shape index (κ3) is 5.38. The monoisotopic (exact) mass is 468 g/mol. The summed E-state index contributed by atoms with van der Waals surface area (Å²) in [4.78, 5) is 67.2. The number of Topliss-reactive ketones (excluding diaryl/α,β-unsaturated/α-hetero) is 1. The highest BCUT2D eigenvalue weighted by molar-refractivity contribution is 6.06. The number of carboxylic acid groups (broad SMARTS) is 1. The molecule has 0 aliphatic carbocycles. The van der Waals surface area contributed by atoms with Crippen LogP contribution in [-0.4, -0.2) is 69.1 Å². The zero-order chi connectivity index (χ0) is 25.0. The van der Waals surface area contributed by atoms with Crippen molar-refractivity contribution in [2.24, 2.45) is 5.92 Å². The van der Waals surface area contributed by atoms with Crippen LogP contribution in [0.3, 0.4) is 0 Å². The number of rotatable bonds is 9. The molecule has 2 aromatic rings. The molecule has 180 valence electrons. The molecule has 0 radical (unpaired) electrons. The summed E-state index contributed by atoms with van der Waals surface area (Å²) in [7, 11) is 0. The maximum atomic E-state index is 13.3. The van der Waals surface area contributed by atoms with Gasteiger partial charge in [0.2, 0.25) is 11.8 Å². The summed E-state index contributed by atoms with van der Waals surface area (Å²) in [6.45, 7) is 5.08. The summed E-state index contributed by atoms with van der Waals surface area (Å²) in [5.74, 6) is -3.48. The van der Waals surface area contributed by atoms with Crippen molar-refractivity contribution >= 4 is 40.2 Å². The molecule has 1 saturated heterocycles. The predicted molar refractivity (Wildman–Crippen MR) is 123 cm³/mol. The molecule has 3 N–H and O–H groups in total. The Morgan fingerprint density at radius 2 is 1.82 bits per heavy atom. The number of hydrogen-bond acceptors (Lipinski definition) is 6. The first-order valence-electron chi connectivity index (χ1n) is 11.1. The molecule has 34 heavy (non-hydrogen) atoms. The first-order chi connectivity index (χ1) is 16.1. The lowest BCUT2D eigenvalue weighted by molar-refractivity contribution is -0.150. The van der Waals surface area contributed by atoms with Crippen molar-refractivity contribution in [2.75, 3.05) is 6.54 Å². The van der Waals surface area contributed by atoms with Crippen LogP contribution < -0.4 is 10.6 Å². The van der Waals surface area contributed by atoms with Gasteiger partial charge in [-0.25, -0.2) is 0 Å². The molecule has 1 aliphatic heterocycles. The summed E-state index contributed by atoms with van der Waals surface area (Å²) in [5, 5.41) is 15.7. The fourth-order valence-electron chi connectivity index (χ4n) is 3.87. The Hall–Kier alpha value is -3.82. The maximum Gasteiger partial charge on any atom is 0.305 e. The molecule has 1 aliphatic rings. The van der Waals surface area contributed by atoms with E-state index in [-0.39, 0.29) is 11.6 Å². The molecule has 3 amide bonds. The van der Waals surface area contributed by atoms with E-state index in [1.807, 2.05) is 12.1 Å². The molecule has 0 unspecified atom stereocenters. The van der Waals surface area contributed by atoms with Crippen molar-refractivity contribution in [2.45, 2.75) is 51.7 Å². The number of carboxylic acids is 1. The van der Waals surface area contributed by atoms with E-state index in [2.05, 4.69) is 15.6 Å². The average molecular weight is 469 g/mol. The van der Waals surface area contributed by atoms with Crippen molar-refractivity contribution in [3.63, 3.8) is 0 Å². The SMILES string of the molecule is CC(=O)[C@H](CC(=O)O)NC(=O)[C@@H]1CCN1C(=O)[C@@H](NC(=O)c1nccc2ccccc12)C(C)C. The lowest BCUT2D eigenvalue weighted by Gasteiger charge is -2.42. The number of likely N-dealkylation sites (tertiary alicyclic amines) is 1. The Balaban J connectivity index is 1.73. The number of aliphatic carboxylic acids is 1. The van der Waals surface area contributed by atoms with Gasteiger partial charge in [0.05, 0.1) is 12.5 Å². The van der Waals surface area contributed by atoms with E-state index in [9.17, 15) is 24.0 Å². The second-order valence-electron chi connectivity index (χ2n) is 8.68. The summed E-state index contributed by atoms with van der Waals surface area (Å²) in [6, 6.07) is 6.19. The topological polar surface area (TPSA) is 146 Å². The van der Waals surface area contributed by atoms with E-state index >= 15 is 0 Å². The van der Waals surface area contributed by atoms with Gasteiger partial charge in [-0.3, -0.25) is 29.0 Å². The molecule has 0 bridgehead atoms. The fourth-order valence-corrected chi connectivity index (χ4v) is 3.87. The van der Waals surface area contributed by atoms with Gasteiger partial charge in [0.15, 0.2) is 5.78 Å². The smallest absolute Gasteiger partial charge is 0.305 e. The van der Waals surface area contributed by atoms with Crippen LogP contribution in [0.1, 0.15) is 44.1 Å². The largest absolute Gasteiger partial charge is 0.481 e. The van der Waals surface area contributed by atoms with Gasteiger partial charge in [0.25, 0.3) is 5.91 Å². The number of carbonyl (C=O) groups is 5. The normalized spacial score (nSPS) is 16.9. The lowest BCUT2D eigenvalue weighted by Crippen LogP contribution is -2.64. The van der Waals surface area contributed by atoms with Gasteiger partial charge in [-0.1, -0.05) is 38.1 Å². The van der Waals surface area contributed by atoms with E-state index in [0.29, 0.717) is 18.4 Å². The molecule has 1 aromatic heterocycles. The van der Waals surface area contributed by atoms with Crippen LogP contribution in [0.25, 0.3) is 10.8 Å². The summed E-state index contributed by atoms with van der Waals surface area (Å²) >= 11 is 0. The highest BCUT2D eigenvalue weighted by atomic mass is 16.4. The molecule has 10 nitrogen and oxygen atoms in total. The van der Waals surface area contributed by atoms with Gasteiger partial charge in [-0.2, -0.15) is 0 Å². The minimum atomic E-state index is -1.22. The Morgan fingerprint density at radius 3 is 2.41 bits per heavy atom. The van der Waals surface area contributed by atoms with Crippen molar-refractivity contribution < 1.29 is 29.1 Å². The average Bonchev–Trinajstić information content (AvgIpc) is 2.74. The number of aromatic nitrogens is 1. The van der Waals surface area contributed by atoms with E-state index < -0.39 is 54.0 Å². The number of pyridine rings is 1. The highest BCUT2D eigenvalue weighted by Gasteiger charge is 2.42. The first kappa shape index (κ1) is 24.8. The number of benzene rings is 1. The molecule has 3 rings (SSSR count). The standard InChI is InChI=1S/C24H28N4O6/c1-13(2)20(27-23(33)21-16-7-5-4-6-15(16)8-10-25-21)24(34)28-11-9-18(28)22(32)26-17(14(3)29)12-19(30)31/h4-8,10,13,17-18,20H,9,11-12H2,1-3H3,(H,26,32)(H,27,33)(H,30,31)/t17-,18-,20-/m0/s1. The zero-order valence-electron chi connectivity index (χ0n) is 19.3. The van der Waals surface area contributed by atoms with Crippen LogP contribution in [0.15, 0.2) is 36.5 Å². The molecule has 3 atom stereocenters. The van der Waals surface area contributed by atoms with Crippen LogP contribution in [-0.2, 0) is 19.2 Å². The van der Waals surface area contributed by atoms with Crippen molar-refractivity contribution in [3.8, 4) is 0 Å². The van der Waals surface area contributed by atoms with Crippen LogP contribution in [0.2, 0.25) is 0 Å². The molecular formula is C24H28N4O6. The Kier molecular flexibility index (Phi) is 7.60. The predicted octanol–water partition coefficient (Wildman–Crippen LogP) is 1.14. The van der Waals surface area contributed by atoms with Crippen LogP contribution in [0.4, 0.5) is 0 Å². The number of ketones is 1. The van der Waals surface area contributed by atoms with E-state index in [1.54, 1.807) is 32.0 Å². The molecular weight excluding hydrogens is 440 g/mol. The minimum absolute atomic E-state index is 0.201. The molecule has 1 aromatic carbocycles. The number of carbonyl (C=O) groups excluding carboxylic acids is 4. The summed E-state index contributed by atoms with van der Waals surface area (Å²) < 4.78 is 0. The number of nitrogens with zero attached hydrogens (tertiary/aromatic N) is 2. The van der Waals surface area contributed by atoms with Gasteiger partial charge < -0.3 is 20.6 Å². The third-order valence-corrected chi connectivity index (χ3v) is 5.90. The van der Waals surface area contributed by atoms with Gasteiger partial charge in [0, 0.05) is 18.1 Å². The van der Waals surface area contributed by atoms with E-state index in [1.165, 1.54) is 18.0 Å². The van der Waals surface area contributed by atoms with E-state index in [0.717, 1.165) is 5.39 Å². The lowest BCUT2D eigenvalue weighted by atomic mass is 9.95. The third-order valence-electron chi connectivity index (χ3n) is 5.90. The molecule has 10 heteroatoms. The highest BCUT2D eigenvalue weighted by Crippen LogP contribution is 2.22. The van der Waals surface area contributed by atoms with Crippen LogP contribution in [0, 0.1) is 5.92 Å². The maximum absolute atomic E-state index is 13.3.